The number of hydrogen-bond donors (Lipinski definition) is 7. The zero-order chi connectivity index (χ0) is 23.2. The summed E-state index contributed by atoms with van der Waals surface area (Å²) in [5.74, 6) is -3.47. The third-order valence-corrected chi connectivity index (χ3v) is 4.95. The molecule has 31 heavy (non-hydrogen) atoms. The van der Waals surface area contributed by atoms with E-state index in [4.69, 9.17) is 20.7 Å². The zero-order valence-electron chi connectivity index (χ0n) is 16.4. The SMILES string of the molecule is NC1(c2cccc(C(=O)N[C@@H](Cc3cccc(C(=O)O)c3O)B(O)O)c2)CC1.O=CO. The summed E-state index contributed by atoms with van der Waals surface area (Å²) in [6.45, 7) is -0.250. The van der Waals surface area contributed by atoms with Gasteiger partial charge >= 0.3 is 13.1 Å². The summed E-state index contributed by atoms with van der Waals surface area (Å²) < 4.78 is 0. The molecule has 164 valence electrons. The highest BCUT2D eigenvalue weighted by Gasteiger charge is 2.40. The molecule has 3 rings (SSSR count). The van der Waals surface area contributed by atoms with Gasteiger partial charge in [0, 0.05) is 11.1 Å². The van der Waals surface area contributed by atoms with E-state index in [0.29, 0.717) is 5.56 Å². The highest BCUT2D eigenvalue weighted by Crippen LogP contribution is 2.42. The van der Waals surface area contributed by atoms with E-state index < -0.39 is 36.2 Å². The minimum Gasteiger partial charge on any atom is -0.507 e. The van der Waals surface area contributed by atoms with Gasteiger partial charge in [-0.3, -0.25) is 9.59 Å². The molecule has 0 saturated heterocycles. The second-order valence-electron chi connectivity index (χ2n) is 7.16. The largest absolute Gasteiger partial charge is 0.507 e. The smallest absolute Gasteiger partial charge is 0.475 e. The lowest BCUT2D eigenvalue weighted by Gasteiger charge is -2.19. The van der Waals surface area contributed by atoms with Crippen LogP contribution < -0.4 is 11.1 Å². The molecular formula is C20H23BN2O8. The second-order valence-corrected chi connectivity index (χ2v) is 7.16. The van der Waals surface area contributed by atoms with Crippen LogP contribution in [0.5, 0.6) is 5.75 Å². The number of carboxylic acids is 1. The van der Waals surface area contributed by atoms with Crippen molar-refractivity contribution >= 4 is 25.5 Å². The Labute approximate surface area is 178 Å². The third kappa shape index (κ3) is 6.04. The fourth-order valence-electron chi connectivity index (χ4n) is 3.04. The molecule has 0 aliphatic heterocycles. The lowest BCUT2D eigenvalue weighted by atomic mass is 9.75. The van der Waals surface area contributed by atoms with Crippen molar-refractivity contribution in [2.45, 2.75) is 30.7 Å². The zero-order valence-corrected chi connectivity index (χ0v) is 16.4. The number of phenols is 1. The Bertz CT molecular complexity index is 962. The molecule has 10 nitrogen and oxygen atoms in total. The molecule has 1 aliphatic rings. The van der Waals surface area contributed by atoms with Gasteiger partial charge in [-0.1, -0.05) is 24.3 Å². The number of benzene rings is 2. The van der Waals surface area contributed by atoms with Crippen LogP contribution in [0.15, 0.2) is 42.5 Å². The summed E-state index contributed by atoms with van der Waals surface area (Å²) in [6, 6.07) is 10.9. The number of nitrogens with two attached hydrogens (primary N) is 1. The summed E-state index contributed by atoms with van der Waals surface area (Å²) >= 11 is 0. The normalized spacial score (nSPS) is 14.4. The van der Waals surface area contributed by atoms with Crippen LogP contribution in [-0.2, 0) is 16.8 Å². The summed E-state index contributed by atoms with van der Waals surface area (Å²) in [5, 5.41) is 47.9. The van der Waals surface area contributed by atoms with Gasteiger partial charge in [0.15, 0.2) is 0 Å². The molecular weight excluding hydrogens is 407 g/mol. The Morgan fingerprint density at radius 3 is 2.35 bits per heavy atom. The van der Waals surface area contributed by atoms with Crippen LogP contribution in [-0.4, -0.2) is 56.8 Å². The lowest BCUT2D eigenvalue weighted by Crippen LogP contribution is -2.48. The highest BCUT2D eigenvalue weighted by atomic mass is 16.4. The predicted octanol–water partition coefficient (Wildman–Crippen LogP) is 0.0921. The quantitative estimate of drug-likeness (QED) is 0.236. The molecule has 1 saturated carbocycles. The molecule has 8 N–H and O–H groups in total. The molecule has 1 aliphatic carbocycles. The van der Waals surface area contributed by atoms with Crippen molar-refractivity contribution in [1.29, 1.82) is 0 Å². The van der Waals surface area contributed by atoms with Crippen LogP contribution >= 0.6 is 0 Å². The highest BCUT2D eigenvalue weighted by molar-refractivity contribution is 6.43. The van der Waals surface area contributed by atoms with Gasteiger partial charge in [0.05, 0.1) is 5.94 Å². The maximum absolute atomic E-state index is 12.6. The van der Waals surface area contributed by atoms with E-state index in [1.54, 1.807) is 18.2 Å². The van der Waals surface area contributed by atoms with E-state index in [-0.39, 0.29) is 24.0 Å². The van der Waals surface area contributed by atoms with E-state index in [1.165, 1.54) is 18.2 Å². The second kappa shape index (κ2) is 10.1. The van der Waals surface area contributed by atoms with Crippen LogP contribution in [0.1, 0.15) is 44.7 Å². The first kappa shape index (κ1) is 23.9. The van der Waals surface area contributed by atoms with Gasteiger partial charge in [-0.15, -0.1) is 0 Å². The van der Waals surface area contributed by atoms with Crippen LogP contribution in [0, 0.1) is 0 Å². The molecule has 2 aromatic carbocycles. The molecule has 11 heteroatoms. The first-order chi connectivity index (χ1) is 14.6. The first-order valence-electron chi connectivity index (χ1n) is 9.31. The van der Waals surface area contributed by atoms with Crippen molar-refractivity contribution in [2.75, 3.05) is 0 Å². The topological polar surface area (TPSA) is 190 Å². The number of para-hydroxylation sites is 1. The summed E-state index contributed by atoms with van der Waals surface area (Å²) in [4.78, 5) is 32.1. The van der Waals surface area contributed by atoms with Crippen molar-refractivity contribution in [3.05, 3.63) is 64.7 Å². The number of carboxylic acid groups (broad SMARTS) is 2. The van der Waals surface area contributed by atoms with Crippen molar-refractivity contribution in [2.24, 2.45) is 5.73 Å². The summed E-state index contributed by atoms with van der Waals surface area (Å²) in [5.41, 5.74) is 6.78. The molecule has 0 unspecified atom stereocenters. The fourth-order valence-corrected chi connectivity index (χ4v) is 3.04. The minimum absolute atomic E-state index is 0.170. The molecule has 0 bridgehead atoms. The molecule has 2 aromatic rings. The van der Waals surface area contributed by atoms with Gasteiger partial charge in [0.25, 0.3) is 12.4 Å². The molecule has 0 radical (unpaired) electrons. The van der Waals surface area contributed by atoms with Crippen LogP contribution in [0.25, 0.3) is 0 Å². The van der Waals surface area contributed by atoms with Crippen LogP contribution in [0.4, 0.5) is 0 Å². The number of carbonyl (C=O) groups excluding carboxylic acids is 1. The van der Waals surface area contributed by atoms with Gasteiger partial charge in [-0.25, -0.2) is 4.79 Å². The van der Waals surface area contributed by atoms with Gasteiger partial charge in [-0.2, -0.15) is 0 Å². The number of aromatic hydroxyl groups is 1. The standard InChI is InChI=1S/C19H21BN2O6.CH2O2/c21-19(7-8-19)13-5-1-4-12(9-13)17(24)22-15(20(27)28)10-11-3-2-6-14(16(11)23)18(25)26;2-1-3/h1-6,9,15,23,27-28H,7-8,10,21H2,(H,22,24)(H,25,26);1H,(H,2,3)/t15-;/m0./s1. The Morgan fingerprint density at radius 1 is 1.19 bits per heavy atom. The summed E-state index contributed by atoms with van der Waals surface area (Å²) in [6.07, 6.45) is 1.52. The van der Waals surface area contributed by atoms with Gasteiger partial charge < -0.3 is 36.4 Å². The molecule has 1 fully saturated rings. The Morgan fingerprint density at radius 2 is 1.81 bits per heavy atom. The first-order valence-corrected chi connectivity index (χ1v) is 9.31. The number of amides is 1. The molecule has 0 heterocycles. The predicted molar refractivity (Wildman–Crippen MR) is 110 cm³/mol. The summed E-state index contributed by atoms with van der Waals surface area (Å²) in [7, 11) is -1.91. The molecule has 1 atom stereocenters. The maximum atomic E-state index is 12.6. The molecule has 1 amide bonds. The van der Waals surface area contributed by atoms with Crippen molar-refractivity contribution in [3.8, 4) is 5.75 Å². The van der Waals surface area contributed by atoms with Crippen LogP contribution in [0.3, 0.4) is 0 Å². The van der Waals surface area contributed by atoms with E-state index >= 15 is 0 Å². The number of carbonyl (C=O) groups is 3. The molecule has 0 spiro atoms. The molecule has 0 aromatic heterocycles. The average molecular weight is 430 g/mol. The Kier molecular flexibility index (Phi) is 7.75. The number of aromatic carboxylic acids is 1. The minimum atomic E-state index is -1.91. The van der Waals surface area contributed by atoms with Gasteiger partial charge in [0.1, 0.15) is 11.3 Å². The van der Waals surface area contributed by atoms with E-state index in [2.05, 4.69) is 5.32 Å². The lowest BCUT2D eigenvalue weighted by molar-refractivity contribution is -0.122. The monoisotopic (exact) mass is 430 g/mol. The average Bonchev–Trinajstić information content (AvgIpc) is 3.48. The van der Waals surface area contributed by atoms with Crippen molar-refractivity contribution in [1.82, 2.24) is 5.32 Å². The van der Waals surface area contributed by atoms with Crippen molar-refractivity contribution in [3.63, 3.8) is 0 Å². The van der Waals surface area contributed by atoms with Crippen LogP contribution in [0.2, 0.25) is 0 Å². The number of nitrogens with one attached hydrogen (secondary N) is 1. The van der Waals surface area contributed by atoms with Gasteiger partial charge in [0.2, 0.25) is 0 Å². The third-order valence-electron chi connectivity index (χ3n) is 4.95. The van der Waals surface area contributed by atoms with E-state index in [9.17, 15) is 24.7 Å². The fraction of sp³-hybridized carbons (Fsp3) is 0.250. The van der Waals surface area contributed by atoms with Crippen molar-refractivity contribution < 1.29 is 39.8 Å². The number of hydrogen-bond acceptors (Lipinski definition) is 7. The Balaban J connectivity index is 0.00000107. The van der Waals surface area contributed by atoms with E-state index in [0.717, 1.165) is 18.4 Å². The van der Waals surface area contributed by atoms with E-state index in [1.807, 2.05) is 6.07 Å². The Hall–Kier alpha value is -3.41. The number of rotatable bonds is 7. The maximum Gasteiger partial charge on any atom is 0.475 e. The van der Waals surface area contributed by atoms with Gasteiger partial charge in [-0.05, 0) is 48.6 Å².